The fraction of sp³-hybridized carbons (Fsp3) is 0.368. The lowest BCUT2D eigenvalue weighted by atomic mass is 9.94. The number of alkyl halides is 2. The molecule has 268 valence electrons. The smallest absolute Gasteiger partial charge is 0.181 e. The predicted molar refractivity (Wildman–Crippen MR) is 182 cm³/mol. The van der Waals surface area contributed by atoms with Crippen molar-refractivity contribution >= 4 is 0 Å². The molecule has 0 radical (unpaired) electrons. The summed E-state index contributed by atoms with van der Waals surface area (Å²) in [5.74, 6) is 0. The Kier molecular flexibility index (Phi) is 24.7. The van der Waals surface area contributed by atoms with Crippen LogP contribution in [0.1, 0.15) is 85.2 Å². The fourth-order valence-electron chi connectivity index (χ4n) is 6.84. The zero-order valence-corrected chi connectivity index (χ0v) is 29.0. The maximum atomic E-state index is 15.2. The van der Waals surface area contributed by atoms with Gasteiger partial charge in [-0.2, -0.15) is 0 Å². The minimum Gasteiger partial charge on any atom is -1.00 e. The first-order valence-corrected chi connectivity index (χ1v) is 15.9. The summed E-state index contributed by atoms with van der Waals surface area (Å²) in [6, 6.07) is 39.4. The Hall–Kier alpha value is -2.92. The summed E-state index contributed by atoms with van der Waals surface area (Å²) in [7, 11) is 0. The van der Waals surface area contributed by atoms with Crippen molar-refractivity contribution in [2.45, 2.75) is 63.0 Å². The van der Waals surface area contributed by atoms with E-state index < -0.39 is 12.3 Å². The number of likely N-dealkylation sites (tertiary alicyclic amines) is 2. The maximum absolute atomic E-state index is 15.2. The number of hydrogen-bond donors (Lipinski definition) is 2. The molecule has 0 unspecified atom stereocenters. The highest BCUT2D eigenvalue weighted by Crippen LogP contribution is 2.31. The lowest BCUT2D eigenvalue weighted by Crippen LogP contribution is -3.13. The maximum Gasteiger partial charge on any atom is 0.181 e. The second kappa shape index (κ2) is 25.1. The Morgan fingerprint density at radius 3 is 0.833 bits per heavy atom. The van der Waals surface area contributed by atoms with Gasteiger partial charge >= 0.3 is 0 Å². The summed E-state index contributed by atoms with van der Waals surface area (Å²) in [6.45, 7) is 4.30. The molecule has 2 aliphatic rings. The number of piperidine rings is 2. The first-order chi connectivity index (χ1) is 20.7. The van der Waals surface area contributed by atoms with Gasteiger partial charge in [-0.25, -0.2) is 8.78 Å². The third kappa shape index (κ3) is 12.8. The van der Waals surface area contributed by atoms with Crippen LogP contribution in [0.5, 0.6) is 0 Å². The van der Waals surface area contributed by atoms with E-state index in [0.29, 0.717) is 0 Å². The molecule has 0 saturated carbocycles. The van der Waals surface area contributed by atoms with E-state index in [1.807, 2.05) is 97.1 Å². The van der Waals surface area contributed by atoms with Crippen molar-refractivity contribution in [3.63, 3.8) is 0 Å². The van der Waals surface area contributed by atoms with Crippen molar-refractivity contribution in [1.82, 2.24) is 0 Å². The van der Waals surface area contributed by atoms with Crippen LogP contribution in [0.25, 0.3) is 0 Å². The van der Waals surface area contributed by atoms with E-state index in [1.54, 1.807) is 0 Å². The minimum atomic E-state index is -0.943. The van der Waals surface area contributed by atoms with Crippen LogP contribution >= 0.6 is 0 Å². The van der Waals surface area contributed by atoms with Gasteiger partial charge in [0, 0.05) is 11.1 Å². The van der Waals surface area contributed by atoms with Gasteiger partial charge in [0.1, 0.15) is 12.1 Å². The highest BCUT2D eigenvalue weighted by Gasteiger charge is 2.35. The molecule has 0 aromatic heterocycles. The van der Waals surface area contributed by atoms with Crippen molar-refractivity contribution in [2.24, 2.45) is 0 Å². The van der Waals surface area contributed by atoms with E-state index in [0.717, 1.165) is 48.4 Å². The van der Waals surface area contributed by atoms with Crippen molar-refractivity contribution in [2.75, 3.05) is 26.2 Å². The number of quaternary nitrogens is 2. The molecule has 2 heterocycles. The first-order valence-electron chi connectivity index (χ1n) is 15.9. The average molecular weight is 712 g/mol. The lowest BCUT2D eigenvalue weighted by Gasteiger charge is -2.33. The first kappa shape index (κ1) is 47.2. The third-order valence-corrected chi connectivity index (χ3v) is 9.01. The second-order valence-electron chi connectivity index (χ2n) is 11.8. The number of hydrogen-bond acceptors (Lipinski definition) is 0. The van der Waals surface area contributed by atoms with Crippen molar-refractivity contribution in [3.05, 3.63) is 144 Å². The SMILES string of the molecule is F[C@@H](c1ccccc1)[C@H](c1ccccc1)[NH+]1CCCCC1.F[C@@H](c1ccccc1)[C@H](c1ccccc1)[NH+]1CCCCC1.O.O.O.O.[Cl-].[Cl-]. The fourth-order valence-corrected chi connectivity index (χ4v) is 6.84. The van der Waals surface area contributed by atoms with Crippen LogP contribution in [0, 0.1) is 0 Å². The van der Waals surface area contributed by atoms with Crippen LogP contribution in [0.3, 0.4) is 0 Å². The molecule has 4 aromatic carbocycles. The monoisotopic (exact) mass is 710 g/mol. The van der Waals surface area contributed by atoms with E-state index >= 15 is 8.78 Å². The van der Waals surface area contributed by atoms with Crippen molar-refractivity contribution in [1.29, 1.82) is 0 Å². The molecule has 10 N–H and O–H groups in total. The van der Waals surface area contributed by atoms with Gasteiger partial charge < -0.3 is 56.5 Å². The largest absolute Gasteiger partial charge is 1.00 e. The highest BCUT2D eigenvalue weighted by molar-refractivity contribution is 5.26. The molecule has 2 saturated heterocycles. The molecular weight excluding hydrogens is 657 g/mol. The Labute approximate surface area is 297 Å². The normalized spacial score (nSPS) is 16.7. The summed E-state index contributed by atoms with van der Waals surface area (Å²) < 4.78 is 30.5. The lowest BCUT2D eigenvalue weighted by molar-refractivity contribution is -0.940. The average Bonchev–Trinajstić information content (AvgIpc) is 3.08. The van der Waals surface area contributed by atoms with E-state index in [4.69, 9.17) is 0 Å². The number of benzene rings is 4. The quantitative estimate of drug-likeness (QED) is 0.204. The van der Waals surface area contributed by atoms with Crippen LogP contribution < -0.4 is 34.6 Å². The summed E-state index contributed by atoms with van der Waals surface area (Å²) in [6.07, 6.45) is 5.52. The number of halogens is 4. The molecule has 4 atom stereocenters. The van der Waals surface area contributed by atoms with Gasteiger partial charge in [0.25, 0.3) is 0 Å². The van der Waals surface area contributed by atoms with E-state index in [1.165, 1.54) is 48.3 Å². The van der Waals surface area contributed by atoms with Gasteiger partial charge in [-0.3, -0.25) is 0 Å². The standard InChI is InChI=1S/2C19H22FN.2ClH.4H2O/c2*20-18(16-10-4-1-5-11-16)19(17-12-6-2-7-13-17)21-14-8-3-9-15-21;;;;;;/h2*1-2,4-7,10-13,18-19H,3,8-9,14-15H2;2*1H;4*1H2/t2*18-,19-;;;;;;/m00....../s1. The Morgan fingerprint density at radius 1 is 0.354 bits per heavy atom. The van der Waals surface area contributed by atoms with Crippen molar-refractivity contribution in [3.8, 4) is 0 Å². The molecule has 4 aromatic rings. The van der Waals surface area contributed by atoms with Gasteiger partial charge in [-0.15, -0.1) is 0 Å². The molecule has 0 aliphatic carbocycles. The predicted octanol–water partition coefficient (Wildman–Crippen LogP) is -2.28. The zero-order valence-electron chi connectivity index (χ0n) is 27.4. The van der Waals surface area contributed by atoms with E-state index in [9.17, 15) is 0 Å². The molecular formula is C38H54Cl2F2N2O4. The molecule has 0 amide bonds. The van der Waals surface area contributed by atoms with Crippen molar-refractivity contribution < 1.29 is 65.3 Å². The molecule has 0 bridgehead atoms. The van der Waals surface area contributed by atoms with E-state index in [-0.39, 0.29) is 58.8 Å². The summed E-state index contributed by atoms with van der Waals surface area (Å²) >= 11 is 0. The summed E-state index contributed by atoms with van der Waals surface area (Å²) in [5.41, 5.74) is 3.82. The summed E-state index contributed by atoms with van der Waals surface area (Å²) in [5, 5.41) is 0. The van der Waals surface area contributed by atoms with Gasteiger partial charge in [0.15, 0.2) is 12.3 Å². The highest BCUT2D eigenvalue weighted by atomic mass is 35.5. The van der Waals surface area contributed by atoms with Gasteiger partial charge in [0.2, 0.25) is 0 Å². The van der Waals surface area contributed by atoms with Crippen LogP contribution in [0.15, 0.2) is 121 Å². The number of nitrogens with one attached hydrogen (secondary N) is 2. The molecule has 2 aliphatic heterocycles. The zero-order chi connectivity index (χ0) is 29.0. The third-order valence-electron chi connectivity index (χ3n) is 9.01. The topological polar surface area (TPSA) is 135 Å². The minimum absolute atomic E-state index is 0. The molecule has 2 fully saturated rings. The molecule has 6 nitrogen and oxygen atoms in total. The Balaban J connectivity index is 0. The number of rotatable bonds is 8. The van der Waals surface area contributed by atoms with E-state index in [2.05, 4.69) is 24.3 Å². The van der Waals surface area contributed by atoms with Crippen LogP contribution in [-0.2, 0) is 0 Å². The van der Waals surface area contributed by atoms with Gasteiger partial charge in [-0.05, 0) is 49.7 Å². The summed E-state index contributed by atoms with van der Waals surface area (Å²) in [4.78, 5) is 2.78. The van der Waals surface area contributed by atoms with Gasteiger partial charge in [-0.1, -0.05) is 121 Å². The van der Waals surface area contributed by atoms with Crippen LogP contribution in [-0.4, -0.2) is 48.1 Å². The van der Waals surface area contributed by atoms with Crippen LogP contribution in [0.2, 0.25) is 0 Å². The molecule has 48 heavy (non-hydrogen) atoms. The Bertz CT molecular complexity index is 1200. The molecule has 6 rings (SSSR count). The molecule has 0 spiro atoms. The second-order valence-corrected chi connectivity index (χ2v) is 11.8. The Morgan fingerprint density at radius 2 is 0.583 bits per heavy atom. The van der Waals surface area contributed by atoms with Gasteiger partial charge in [0.05, 0.1) is 26.2 Å². The van der Waals surface area contributed by atoms with Crippen LogP contribution in [0.4, 0.5) is 8.78 Å². The molecule has 10 heteroatoms.